The molecule has 0 aliphatic heterocycles. The molecule has 5 heteroatoms. The summed E-state index contributed by atoms with van der Waals surface area (Å²) in [4.78, 5) is 12.1. The minimum absolute atomic E-state index is 0. The maximum absolute atomic E-state index is 12.1. The molecule has 0 aliphatic rings. The molecule has 2 rings (SSSR count). The molecule has 0 bridgehead atoms. The molecular weight excluding hydrogens is 535 g/mol. The van der Waals surface area contributed by atoms with E-state index < -0.39 is 0 Å². The fourth-order valence-electron chi connectivity index (χ4n) is 2.13. The van der Waals surface area contributed by atoms with E-state index in [4.69, 9.17) is 4.74 Å². The van der Waals surface area contributed by atoms with Crippen LogP contribution in [0.5, 0.6) is 0 Å². The van der Waals surface area contributed by atoms with E-state index >= 15 is 0 Å². The Bertz CT molecular complexity index is 647. The molecule has 0 saturated heterocycles. The standard InChI is InChI=1S/C18H19NO2.W.Y/c1-13-6-4-5-7-17(13)18(20)19-11-15-8-9-16(12-21-3)14(2)10-15;;/h4-6,9-10H,11-12H2,1-3H3,(H,19,20);;/q-2;;. The van der Waals surface area contributed by atoms with Crippen molar-refractivity contribution in [1.29, 1.82) is 0 Å². The zero-order valence-corrected chi connectivity index (χ0v) is 19.4. The Hall–Kier alpha value is -0.338. The number of ether oxygens (including phenoxy) is 1. The van der Waals surface area contributed by atoms with Crippen LogP contribution < -0.4 is 5.32 Å². The van der Waals surface area contributed by atoms with Crippen molar-refractivity contribution < 1.29 is 63.3 Å². The summed E-state index contributed by atoms with van der Waals surface area (Å²) in [5.41, 5.74) is 4.72. The smallest absolute Gasteiger partial charge is 0.165 e. The van der Waals surface area contributed by atoms with E-state index in [1.165, 1.54) is 0 Å². The van der Waals surface area contributed by atoms with Crippen molar-refractivity contribution in [3.63, 3.8) is 0 Å². The van der Waals surface area contributed by atoms with E-state index in [1.807, 2.05) is 38.1 Å². The summed E-state index contributed by atoms with van der Waals surface area (Å²) in [5, 5.41) is 2.90. The van der Waals surface area contributed by atoms with Crippen molar-refractivity contribution >= 4 is 5.91 Å². The Morgan fingerprint density at radius 2 is 2.00 bits per heavy atom. The first-order valence-corrected chi connectivity index (χ1v) is 6.86. The number of carbonyl (C=O) groups is 1. The summed E-state index contributed by atoms with van der Waals surface area (Å²) in [6.45, 7) is 4.96. The van der Waals surface area contributed by atoms with Crippen LogP contribution in [0.4, 0.5) is 0 Å². The second kappa shape index (κ2) is 11.3. The van der Waals surface area contributed by atoms with E-state index in [0.29, 0.717) is 18.7 Å². The molecule has 1 radical (unpaired) electrons. The molecule has 0 fully saturated rings. The minimum atomic E-state index is -0.111. The molecule has 2 aromatic carbocycles. The zero-order chi connectivity index (χ0) is 15.2. The molecule has 0 saturated carbocycles. The SMILES string of the molecule is COCc1c[c-]c(CNC(=O)c2[c-]cccc2C)cc1C.[W].[Y]. The predicted octanol–water partition coefficient (Wildman–Crippen LogP) is 2.98. The first-order chi connectivity index (χ1) is 10.1. The van der Waals surface area contributed by atoms with Gasteiger partial charge in [-0.2, -0.15) is 23.8 Å². The number of rotatable bonds is 5. The number of hydrogen-bond acceptors (Lipinski definition) is 2. The van der Waals surface area contributed by atoms with Crippen LogP contribution in [-0.4, -0.2) is 13.0 Å². The minimum Gasteiger partial charge on any atom is -0.392 e. The molecule has 0 heterocycles. The summed E-state index contributed by atoms with van der Waals surface area (Å²) in [5.74, 6) is -0.111. The molecule has 1 N–H and O–H groups in total. The normalized spacial score (nSPS) is 9.52. The number of benzene rings is 2. The second-order valence-corrected chi connectivity index (χ2v) is 5.01. The topological polar surface area (TPSA) is 38.3 Å². The fourth-order valence-corrected chi connectivity index (χ4v) is 2.13. The first-order valence-electron chi connectivity index (χ1n) is 6.86. The van der Waals surface area contributed by atoms with Gasteiger partial charge in [0.15, 0.2) is 5.91 Å². The first kappa shape index (κ1) is 22.7. The maximum atomic E-state index is 12.1. The van der Waals surface area contributed by atoms with E-state index in [1.54, 1.807) is 13.2 Å². The van der Waals surface area contributed by atoms with Crippen molar-refractivity contribution in [3.8, 4) is 0 Å². The third-order valence-corrected chi connectivity index (χ3v) is 3.36. The van der Waals surface area contributed by atoms with Gasteiger partial charge in [0, 0.05) is 74.0 Å². The quantitative estimate of drug-likeness (QED) is 0.578. The van der Waals surface area contributed by atoms with Crippen molar-refractivity contribution in [2.75, 3.05) is 7.11 Å². The van der Waals surface area contributed by atoms with Gasteiger partial charge in [-0.05, 0) is 0 Å². The zero-order valence-electron chi connectivity index (χ0n) is 13.6. The monoisotopic (exact) mass is 554 g/mol. The van der Waals surface area contributed by atoms with E-state index in [0.717, 1.165) is 22.3 Å². The number of nitrogens with one attached hydrogen (secondary N) is 1. The summed E-state index contributed by atoms with van der Waals surface area (Å²) in [7, 11) is 1.67. The molecule has 2 aromatic rings. The van der Waals surface area contributed by atoms with Gasteiger partial charge in [0.05, 0.1) is 0 Å². The second-order valence-electron chi connectivity index (χ2n) is 5.01. The van der Waals surface area contributed by atoms with E-state index in [-0.39, 0.29) is 59.7 Å². The Balaban J connectivity index is 0.00000242. The molecule has 23 heavy (non-hydrogen) atoms. The van der Waals surface area contributed by atoms with Crippen LogP contribution in [-0.2, 0) is 71.7 Å². The van der Waals surface area contributed by atoms with Gasteiger partial charge in [0.25, 0.3) is 0 Å². The van der Waals surface area contributed by atoms with E-state index in [2.05, 4.69) is 17.4 Å². The Morgan fingerprint density at radius 3 is 2.61 bits per heavy atom. The Labute approximate surface area is 177 Å². The van der Waals surface area contributed by atoms with Gasteiger partial charge in [-0.3, -0.25) is 0 Å². The van der Waals surface area contributed by atoms with Crippen LogP contribution in [0.15, 0.2) is 30.3 Å². The number of amides is 1. The fraction of sp³-hybridized carbons (Fsp3) is 0.278. The van der Waals surface area contributed by atoms with Gasteiger partial charge in [-0.25, -0.2) is 0 Å². The van der Waals surface area contributed by atoms with Gasteiger partial charge >= 0.3 is 0 Å². The van der Waals surface area contributed by atoms with Gasteiger partial charge in [-0.1, -0.05) is 19.4 Å². The Morgan fingerprint density at radius 1 is 1.26 bits per heavy atom. The van der Waals surface area contributed by atoms with Crippen molar-refractivity contribution in [1.82, 2.24) is 5.32 Å². The number of hydrogen-bond donors (Lipinski definition) is 1. The average molecular weight is 554 g/mol. The number of carbonyl (C=O) groups excluding carboxylic acids is 1. The Kier molecular flexibility index (Phi) is 11.1. The summed E-state index contributed by atoms with van der Waals surface area (Å²) < 4.78 is 5.12. The van der Waals surface area contributed by atoms with Gasteiger partial charge in [0.2, 0.25) is 0 Å². The van der Waals surface area contributed by atoms with E-state index in [9.17, 15) is 4.79 Å². The molecule has 0 aromatic heterocycles. The van der Waals surface area contributed by atoms with Crippen molar-refractivity contribution in [2.45, 2.75) is 27.0 Å². The van der Waals surface area contributed by atoms with Crippen molar-refractivity contribution in [2.24, 2.45) is 0 Å². The molecule has 0 unspecified atom stereocenters. The van der Waals surface area contributed by atoms with Gasteiger partial charge < -0.3 is 14.8 Å². The predicted molar refractivity (Wildman–Crippen MR) is 81.9 cm³/mol. The molecule has 119 valence electrons. The molecule has 0 spiro atoms. The van der Waals surface area contributed by atoms with Gasteiger partial charge in [0.1, 0.15) is 0 Å². The summed E-state index contributed by atoms with van der Waals surface area (Å²) in [6.07, 6.45) is 0. The van der Waals surface area contributed by atoms with Crippen LogP contribution in [0.1, 0.15) is 32.6 Å². The average Bonchev–Trinajstić information content (AvgIpc) is 2.48. The third-order valence-electron chi connectivity index (χ3n) is 3.36. The third kappa shape index (κ3) is 6.58. The summed E-state index contributed by atoms with van der Waals surface area (Å²) >= 11 is 0. The number of aryl methyl sites for hydroxylation is 2. The van der Waals surface area contributed by atoms with Crippen molar-refractivity contribution in [3.05, 3.63) is 70.3 Å². The van der Waals surface area contributed by atoms with Crippen LogP contribution in [0.2, 0.25) is 0 Å². The maximum Gasteiger partial charge on any atom is 0.165 e. The molecular formula is C18H19NO2WY-2. The molecule has 3 nitrogen and oxygen atoms in total. The van der Waals surface area contributed by atoms with Crippen LogP contribution in [0.25, 0.3) is 0 Å². The van der Waals surface area contributed by atoms with Crippen LogP contribution in [0.3, 0.4) is 0 Å². The molecule has 0 aliphatic carbocycles. The molecule has 0 atom stereocenters. The largest absolute Gasteiger partial charge is 0.392 e. The van der Waals surface area contributed by atoms with Crippen LogP contribution in [0, 0.1) is 26.0 Å². The van der Waals surface area contributed by atoms with Gasteiger partial charge in [-0.15, -0.1) is 41.0 Å². The number of methoxy groups -OCH3 is 1. The van der Waals surface area contributed by atoms with Crippen LogP contribution >= 0.6 is 0 Å². The molecule has 1 amide bonds. The summed E-state index contributed by atoms with van der Waals surface area (Å²) in [6, 6.07) is 15.6.